The Hall–Kier alpha value is -1.14. The highest BCUT2D eigenvalue weighted by Crippen LogP contribution is 2.33. The molecule has 1 spiro atoms. The minimum Gasteiger partial charge on any atom is -0.383 e. The van der Waals surface area contributed by atoms with Crippen LogP contribution in [0.5, 0.6) is 0 Å². The van der Waals surface area contributed by atoms with Gasteiger partial charge in [0.15, 0.2) is 0 Å². The Kier molecular flexibility index (Phi) is 6.56. The van der Waals surface area contributed by atoms with Gasteiger partial charge in [-0.2, -0.15) is 0 Å². The fraction of sp³-hybridized carbons (Fsp3) is 0.650. The quantitative estimate of drug-likeness (QED) is 0.787. The molecule has 1 atom stereocenters. The van der Waals surface area contributed by atoms with Crippen molar-refractivity contribution in [2.75, 3.05) is 53.5 Å². The summed E-state index contributed by atoms with van der Waals surface area (Å²) < 4.78 is 5.16. The summed E-state index contributed by atoms with van der Waals surface area (Å²) in [6.45, 7) is 6.02. The van der Waals surface area contributed by atoms with Gasteiger partial charge in [0.1, 0.15) is 0 Å². The molecule has 26 heavy (non-hydrogen) atoms. The van der Waals surface area contributed by atoms with Gasteiger partial charge in [0, 0.05) is 63.4 Å². The number of benzene rings is 1. The molecule has 0 unspecified atom stereocenters. The number of likely N-dealkylation sites (N-methyl/N-ethyl adjacent to an activating group) is 1. The maximum atomic E-state index is 12.5. The van der Waals surface area contributed by atoms with Gasteiger partial charge in [-0.1, -0.05) is 29.8 Å². The van der Waals surface area contributed by atoms with Crippen LogP contribution in [0.2, 0.25) is 5.02 Å². The van der Waals surface area contributed by atoms with E-state index in [0.717, 1.165) is 50.6 Å². The number of carbonyl (C=O) groups is 1. The van der Waals surface area contributed by atoms with Crippen molar-refractivity contribution in [1.82, 2.24) is 14.7 Å². The van der Waals surface area contributed by atoms with Gasteiger partial charge in [-0.3, -0.25) is 14.6 Å². The molecule has 2 aliphatic rings. The normalized spacial score (nSPS) is 25.7. The summed E-state index contributed by atoms with van der Waals surface area (Å²) >= 11 is 6.36. The number of nitrogens with zero attached hydrogens (tertiary/aromatic N) is 3. The van der Waals surface area contributed by atoms with Gasteiger partial charge in [-0.05, 0) is 31.5 Å². The maximum absolute atomic E-state index is 12.5. The number of rotatable bonds is 5. The molecule has 1 amide bonds. The highest BCUT2D eigenvalue weighted by atomic mass is 35.5. The fourth-order valence-corrected chi connectivity index (χ4v) is 4.41. The third kappa shape index (κ3) is 4.39. The standard InChI is InChI=1S/C20H30ClN3O2/c1-22-11-12-23(15-17-5-3-4-6-18(17)21)16-20(22)8-7-19(25)24(10-9-20)13-14-26-2/h3-6H,7-16H2,1-2H3/t20-/m0/s1. The minimum absolute atomic E-state index is 0.0665. The summed E-state index contributed by atoms with van der Waals surface area (Å²) in [5, 5.41) is 0.835. The molecule has 2 heterocycles. The molecule has 0 bridgehead atoms. The number of hydrogen-bond acceptors (Lipinski definition) is 4. The lowest BCUT2D eigenvalue weighted by Crippen LogP contribution is -2.60. The van der Waals surface area contributed by atoms with E-state index in [1.165, 1.54) is 5.56 Å². The Morgan fingerprint density at radius 2 is 2.00 bits per heavy atom. The van der Waals surface area contributed by atoms with E-state index in [1.807, 2.05) is 23.1 Å². The molecule has 5 nitrogen and oxygen atoms in total. The molecule has 2 fully saturated rings. The van der Waals surface area contributed by atoms with Gasteiger partial charge >= 0.3 is 0 Å². The van der Waals surface area contributed by atoms with Crippen molar-refractivity contribution in [2.45, 2.75) is 31.3 Å². The van der Waals surface area contributed by atoms with Crippen LogP contribution in [0.4, 0.5) is 0 Å². The lowest BCUT2D eigenvalue weighted by atomic mass is 9.86. The first-order valence-corrected chi connectivity index (χ1v) is 9.85. The van der Waals surface area contributed by atoms with E-state index < -0.39 is 0 Å². The SMILES string of the molecule is COCCN1CC[C@@]2(CCC1=O)CN(Cc1ccccc1Cl)CCN2C. The summed E-state index contributed by atoms with van der Waals surface area (Å²) in [5.74, 6) is 0.260. The van der Waals surface area contributed by atoms with Crippen LogP contribution in [0, 0.1) is 0 Å². The van der Waals surface area contributed by atoms with Gasteiger partial charge in [-0.25, -0.2) is 0 Å². The summed E-state index contributed by atoms with van der Waals surface area (Å²) in [6.07, 6.45) is 2.55. The third-order valence-corrected chi connectivity index (χ3v) is 6.37. The Labute approximate surface area is 161 Å². The van der Waals surface area contributed by atoms with E-state index in [-0.39, 0.29) is 11.4 Å². The number of amides is 1. The van der Waals surface area contributed by atoms with Crippen molar-refractivity contribution in [2.24, 2.45) is 0 Å². The zero-order valence-electron chi connectivity index (χ0n) is 15.9. The zero-order chi connectivity index (χ0) is 18.6. The predicted octanol–water partition coefficient (Wildman–Crippen LogP) is 2.49. The second kappa shape index (κ2) is 8.70. The van der Waals surface area contributed by atoms with Crippen LogP contribution < -0.4 is 0 Å². The highest BCUT2D eigenvalue weighted by Gasteiger charge is 2.42. The van der Waals surface area contributed by atoms with Crippen LogP contribution in [0.1, 0.15) is 24.8 Å². The molecule has 2 saturated heterocycles. The summed E-state index contributed by atoms with van der Waals surface area (Å²) in [7, 11) is 3.90. The number of carbonyl (C=O) groups excluding carboxylic acids is 1. The van der Waals surface area contributed by atoms with E-state index >= 15 is 0 Å². The number of likely N-dealkylation sites (tertiary alicyclic amines) is 1. The van der Waals surface area contributed by atoms with Gasteiger partial charge in [-0.15, -0.1) is 0 Å². The molecule has 0 N–H and O–H groups in total. The second-order valence-corrected chi connectivity index (χ2v) is 7.98. The Morgan fingerprint density at radius 1 is 1.19 bits per heavy atom. The average molecular weight is 380 g/mol. The summed E-state index contributed by atoms with van der Waals surface area (Å²) in [4.78, 5) is 19.4. The molecular weight excluding hydrogens is 350 g/mol. The van der Waals surface area contributed by atoms with Crippen molar-refractivity contribution < 1.29 is 9.53 Å². The average Bonchev–Trinajstić information content (AvgIpc) is 2.79. The predicted molar refractivity (Wildman–Crippen MR) is 104 cm³/mol. The van der Waals surface area contributed by atoms with E-state index in [9.17, 15) is 4.79 Å². The first-order chi connectivity index (χ1) is 12.5. The van der Waals surface area contributed by atoms with Gasteiger partial charge < -0.3 is 9.64 Å². The largest absolute Gasteiger partial charge is 0.383 e. The molecule has 1 aromatic carbocycles. The van der Waals surface area contributed by atoms with E-state index in [4.69, 9.17) is 16.3 Å². The Morgan fingerprint density at radius 3 is 2.77 bits per heavy atom. The number of methoxy groups -OCH3 is 1. The number of halogens is 1. The summed E-state index contributed by atoms with van der Waals surface area (Å²) in [6, 6.07) is 8.09. The molecule has 6 heteroatoms. The van der Waals surface area contributed by atoms with E-state index in [0.29, 0.717) is 19.6 Å². The molecule has 2 aliphatic heterocycles. The molecule has 3 rings (SSSR count). The van der Waals surface area contributed by atoms with Crippen LogP contribution >= 0.6 is 11.6 Å². The molecular formula is C20H30ClN3O2. The Bertz CT molecular complexity index is 627. The fourth-order valence-electron chi connectivity index (χ4n) is 4.22. The summed E-state index contributed by atoms with van der Waals surface area (Å²) in [5.41, 5.74) is 1.25. The topological polar surface area (TPSA) is 36.0 Å². The van der Waals surface area contributed by atoms with Crippen LogP contribution in [-0.4, -0.2) is 79.6 Å². The maximum Gasteiger partial charge on any atom is 0.222 e. The van der Waals surface area contributed by atoms with Crippen LogP contribution in [0.15, 0.2) is 24.3 Å². The lowest BCUT2D eigenvalue weighted by molar-refractivity contribution is -0.131. The van der Waals surface area contributed by atoms with Crippen molar-refractivity contribution in [3.8, 4) is 0 Å². The van der Waals surface area contributed by atoms with Crippen LogP contribution in [0.25, 0.3) is 0 Å². The molecule has 0 aliphatic carbocycles. The molecule has 144 valence electrons. The van der Waals surface area contributed by atoms with Gasteiger partial charge in [0.2, 0.25) is 5.91 Å². The number of piperazine rings is 1. The van der Waals surface area contributed by atoms with Crippen LogP contribution in [0.3, 0.4) is 0 Å². The molecule has 0 radical (unpaired) electrons. The Balaban J connectivity index is 1.69. The first-order valence-electron chi connectivity index (χ1n) is 9.48. The number of ether oxygens (including phenoxy) is 1. The smallest absolute Gasteiger partial charge is 0.222 e. The monoisotopic (exact) mass is 379 g/mol. The van der Waals surface area contributed by atoms with Crippen molar-refractivity contribution in [3.63, 3.8) is 0 Å². The van der Waals surface area contributed by atoms with Gasteiger partial charge in [0.05, 0.1) is 6.61 Å². The van der Waals surface area contributed by atoms with Crippen molar-refractivity contribution in [1.29, 1.82) is 0 Å². The molecule has 1 aromatic rings. The number of hydrogen-bond donors (Lipinski definition) is 0. The third-order valence-electron chi connectivity index (χ3n) is 6.00. The minimum atomic E-state index is 0.0665. The van der Waals surface area contributed by atoms with Gasteiger partial charge in [0.25, 0.3) is 0 Å². The second-order valence-electron chi connectivity index (χ2n) is 7.57. The molecule has 0 aromatic heterocycles. The lowest BCUT2D eigenvalue weighted by Gasteiger charge is -2.49. The van der Waals surface area contributed by atoms with Crippen molar-refractivity contribution >= 4 is 17.5 Å². The van der Waals surface area contributed by atoms with E-state index in [2.05, 4.69) is 22.9 Å². The zero-order valence-corrected chi connectivity index (χ0v) is 16.7. The molecule has 0 saturated carbocycles. The van der Waals surface area contributed by atoms with Crippen molar-refractivity contribution in [3.05, 3.63) is 34.9 Å². The van der Waals surface area contributed by atoms with Crippen LogP contribution in [-0.2, 0) is 16.1 Å². The van der Waals surface area contributed by atoms with E-state index in [1.54, 1.807) is 7.11 Å². The first kappa shape index (κ1) is 19.6. The highest BCUT2D eigenvalue weighted by molar-refractivity contribution is 6.31.